The smallest absolute Gasteiger partial charge is 0.132 e. The van der Waals surface area contributed by atoms with Crippen LogP contribution >= 0.6 is 11.5 Å². The molecule has 0 bridgehead atoms. The maximum atomic E-state index is 5.81. The molecule has 5 nitrogen and oxygen atoms in total. The van der Waals surface area contributed by atoms with Crippen LogP contribution < -0.4 is 5.73 Å². The Morgan fingerprint density at radius 1 is 1.41 bits per heavy atom. The Bertz CT molecular complexity index is 343. The second-order valence-electron chi connectivity index (χ2n) is 5.07. The van der Waals surface area contributed by atoms with Gasteiger partial charge >= 0.3 is 0 Å². The van der Waals surface area contributed by atoms with Gasteiger partial charge in [0.05, 0.1) is 0 Å². The van der Waals surface area contributed by atoms with Gasteiger partial charge in [0.2, 0.25) is 0 Å². The number of hydrogen-bond donors (Lipinski definition) is 1. The molecule has 1 aliphatic rings. The first-order valence-corrected chi connectivity index (χ1v) is 6.86. The summed E-state index contributed by atoms with van der Waals surface area (Å²) < 4.78 is 3.87. The summed E-state index contributed by atoms with van der Waals surface area (Å²) in [5.74, 6) is 0.840. The molecule has 17 heavy (non-hydrogen) atoms. The van der Waals surface area contributed by atoms with Crippen molar-refractivity contribution in [2.24, 2.45) is 5.92 Å². The van der Waals surface area contributed by atoms with Crippen LogP contribution in [0.3, 0.4) is 0 Å². The molecule has 0 atom stereocenters. The maximum Gasteiger partial charge on any atom is 0.132 e. The predicted octanol–water partition coefficient (Wildman–Crippen LogP) is 0.894. The Hall–Kier alpha value is -0.720. The van der Waals surface area contributed by atoms with Crippen molar-refractivity contribution in [3.8, 4) is 0 Å². The lowest BCUT2D eigenvalue weighted by molar-refractivity contribution is 0.156. The van der Waals surface area contributed by atoms with E-state index < -0.39 is 0 Å². The third-order valence-corrected chi connectivity index (χ3v) is 3.88. The summed E-state index contributed by atoms with van der Waals surface area (Å²) in [5, 5.41) is 4.84. The average Bonchev–Trinajstić information content (AvgIpc) is 2.67. The van der Waals surface area contributed by atoms with Crippen LogP contribution in [0.5, 0.6) is 0 Å². The van der Waals surface area contributed by atoms with E-state index in [2.05, 4.69) is 33.5 Å². The molecule has 1 aromatic rings. The summed E-state index contributed by atoms with van der Waals surface area (Å²) in [6.45, 7) is 4.36. The van der Waals surface area contributed by atoms with Crippen molar-refractivity contribution in [2.75, 3.05) is 39.5 Å². The molecule has 0 radical (unpaired) electrons. The van der Waals surface area contributed by atoms with Crippen molar-refractivity contribution in [2.45, 2.75) is 19.4 Å². The molecule has 2 rings (SSSR count). The molecule has 0 unspecified atom stereocenters. The fraction of sp³-hybridized carbons (Fsp3) is 0.818. The zero-order valence-corrected chi connectivity index (χ0v) is 11.4. The van der Waals surface area contributed by atoms with Crippen molar-refractivity contribution in [1.29, 1.82) is 0 Å². The van der Waals surface area contributed by atoms with Gasteiger partial charge in [0.15, 0.2) is 0 Å². The van der Waals surface area contributed by atoms with Gasteiger partial charge in [0.1, 0.15) is 10.7 Å². The quantitative estimate of drug-likeness (QED) is 0.866. The minimum atomic E-state index is 0.764. The SMILES string of the molecule is CN(C)CC1CCN(Cc2nnsc2N)CC1. The van der Waals surface area contributed by atoms with E-state index in [9.17, 15) is 0 Å². The van der Waals surface area contributed by atoms with Crippen LogP contribution in [-0.2, 0) is 6.54 Å². The van der Waals surface area contributed by atoms with Gasteiger partial charge in [-0.3, -0.25) is 4.90 Å². The summed E-state index contributed by atoms with van der Waals surface area (Å²) in [7, 11) is 4.29. The van der Waals surface area contributed by atoms with Crippen molar-refractivity contribution in [1.82, 2.24) is 19.4 Å². The molecular weight excluding hydrogens is 234 g/mol. The lowest BCUT2D eigenvalue weighted by atomic mass is 9.96. The Morgan fingerprint density at radius 2 is 2.12 bits per heavy atom. The highest BCUT2D eigenvalue weighted by atomic mass is 32.1. The van der Waals surface area contributed by atoms with Gasteiger partial charge in [-0.2, -0.15) is 0 Å². The fourth-order valence-corrected chi connectivity index (χ4v) is 2.82. The molecule has 1 aromatic heterocycles. The summed E-state index contributed by atoms with van der Waals surface area (Å²) in [6.07, 6.45) is 2.55. The molecular formula is C11H21N5S. The lowest BCUT2D eigenvalue weighted by Crippen LogP contribution is -2.36. The first kappa shape index (κ1) is 12.7. The number of piperidine rings is 1. The standard InChI is InChI=1S/C11H21N5S/c1-15(2)7-9-3-5-16(6-4-9)8-10-11(12)17-14-13-10/h9H,3-8,12H2,1-2H3. The van der Waals surface area contributed by atoms with E-state index in [1.54, 1.807) is 0 Å². The Kier molecular flexibility index (Phi) is 4.31. The van der Waals surface area contributed by atoms with Crippen LogP contribution in [0.25, 0.3) is 0 Å². The largest absolute Gasteiger partial charge is 0.388 e. The molecule has 1 aliphatic heterocycles. The van der Waals surface area contributed by atoms with Crippen molar-refractivity contribution in [3.63, 3.8) is 0 Å². The van der Waals surface area contributed by atoms with Crippen LogP contribution in [0.4, 0.5) is 5.00 Å². The fourth-order valence-electron chi connectivity index (χ4n) is 2.38. The van der Waals surface area contributed by atoms with Crippen LogP contribution in [0.1, 0.15) is 18.5 Å². The van der Waals surface area contributed by atoms with Crippen LogP contribution in [-0.4, -0.2) is 53.1 Å². The van der Waals surface area contributed by atoms with E-state index in [1.165, 1.54) is 30.9 Å². The van der Waals surface area contributed by atoms with Gasteiger partial charge in [-0.15, -0.1) is 5.10 Å². The normalized spacial score (nSPS) is 19.0. The lowest BCUT2D eigenvalue weighted by Gasteiger charge is -2.32. The Balaban J connectivity index is 1.78. The summed E-state index contributed by atoms with van der Waals surface area (Å²) in [5.41, 5.74) is 6.76. The van der Waals surface area contributed by atoms with Crippen molar-refractivity contribution >= 4 is 16.5 Å². The highest BCUT2D eigenvalue weighted by Gasteiger charge is 2.20. The summed E-state index contributed by atoms with van der Waals surface area (Å²) in [6, 6.07) is 0. The van der Waals surface area contributed by atoms with Gasteiger partial charge in [0, 0.05) is 24.6 Å². The molecule has 96 valence electrons. The highest BCUT2D eigenvalue weighted by Crippen LogP contribution is 2.21. The van der Waals surface area contributed by atoms with Crippen LogP contribution in [0.15, 0.2) is 0 Å². The zero-order valence-electron chi connectivity index (χ0n) is 10.6. The number of anilines is 1. The van der Waals surface area contributed by atoms with E-state index in [-0.39, 0.29) is 0 Å². The maximum absolute atomic E-state index is 5.81. The van der Waals surface area contributed by atoms with Gasteiger partial charge in [-0.25, -0.2) is 0 Å². The monoisotopic (exact) mass is 255 g/mol. The van der Waals surface area contributed by atoms with E-state index in [0.717, 1.165) is 36.2 Å². The summed E-state index contributed by atoms with van der Waals surface area (Å²) >= 11 is 1.29. The number of nitrogens with zero attached hydrogens (tertiary/aromatic N) is 4. The third kappa shape index (κ3) is 3.62. The predicted molar refractivity (Wildman–Crippen MR) is 70.9 cm³/mol. The molecule has 0 saturated carbocycles. The van der Waals surface area contributed by atoms with Gasteiger partial charge in [0.25, 0.3) is 0 Å². The van der Waals surface area contributed by atoms with Crippen LogP contribution in [0.2, 0.25) is 0 Å². The minimum Gasteiger partial charge on any atom is -0.388 e. The second kappa shape index (κ2) is 5.75. The second-order valence-corrected chi connectivity index (χ2v) is 5.85. The first-order valence-electron chi connectivity index (χ1n) is 6.09. The number of hydrogen-bond acceptors (Lipinski definition) is 6. The highest BCUT2D eigenvalue weighted by molar-refractivity contribution is 7.09. The topological polar surface area (TPSA) is 58.3 Å². The number of aromatic nitrogens is 2. The molecule has 2 heterocycles. The van der Waals surface area contributed by atoms with E-state index in [0.29, 0.717) is 0 Å². The Labute approximate surface area is 107 Å². The molecule has 1 saturated heterocycles. The summed E-state index contributed by atoms with van der Waals surface area (Å²) in [4.78, 5) is 4.71. The minimum absolute atomic E-state index is 0.764. The molecule has 0 amide bonds. The zero-order chi connectivity index (χ0) is 12.3. The molecule has 0 aromatic carbocycles. The van der Waals surface area contributed by atoms with E-state index >= 15 is 0 Å². The van der Waals surface area contributed by atoms with E-state index in [1.807, 2.05) is 0 Å². The Morgan fingerprint density at radius 3 is 2.65 bits per heavy atom. The van der Waals surface area contributed by atoms with E-state index in [4.69, 9.17) is 5.73 Å². The number of nitrogen functional groups attached to an aromatic ring is 1. The molecule has 2 N–H and O–H groups in total. The molecule has 0 aliphatic carbocycles. The molecule has 0 spiro atoms. The molecule has 6 heteroatoms. The van der Waals surface area contributed by atoms with Gasteiger partial charge in [-0.05, 0) is 45.9 Å². The van der Waals surface area contributed by atoms with Gasteiger partial charge in [-0.1, -0.05) is 4.49 Å². The third-order valence-electron chi connectivity index (χ3n) is 3.29. The van der Waals surface area contributed by atoms with Crippen molar-refractivity contribution in [3.05, 3.63) is 5.69 Å². The van der Waals surface area contributed by atoms with Crippen LogP contribution in [0, 0.1) is 5.92 Å². The number of nitrogens with two attached hydrogens (primary N) is 1. The number of rotatable bonds is 4. The van der Waals surface area contributed by atoms with Gasteiger partial charge < -0.3 is 10.6 Å². The first-order chi connectivity index (χ1) is 8.15. The van der Waals surface area contributed by atoms with Crippen molar-refractivity contribution < 1.29 is 0 Å². The molecule has 1 fully saturated rings. The number of likely N-dealkylation sites (tertiary alicyclic amines) is 1. The average molecular weight is 255 g/mol.